The molecule has 0 unspecified atom stereocenters. The van der Waals surface area contributed by atoms with Gasteiger partial charge in [-0.1, -0.05) is 12.1 Å². The number of rotatable bonds is 4. The van der Waals surface area contributed by atoms with E-state index >= 15 is 0 Å². The fraction of sp³-hybridized carbons (Fsp3) is 0.391. The van der Waals surface area contributed by atoms with Crippen molar-refractivity contribution in [1.29, 1.82) is 0 Å². The van der Waals surface area contributed by atoms with Crippen LogP contribution in [-0.2, 0) is 0 Å². The molecule has 0 heterocycles. The average molecular weight is 364 g/mol. The predicted molar refractivity (Wildman–Crippen MR) is 112 cm³/mol. The molecule has 2 N–H and O–H groups in total. The Morgan fingerprint density at radius 1 is 0.741 bits per heavy atom. The Morgan fingerprint density at radius 2 is 1.15 bits per heavy atom. The van der Waals surface area contributed by atoms with Gasteiger partial charge in [-0.2, -0.15) is 0 Å². The highest BCUT2D eigenvalue weighted by Gasteiger charge is 2.25. The molecule has 3 rings (SSSR count). The zero-order chi connectivity index (χ0) is 19.6. The summed E-state index contributed by atoms with van der Waals surface area (Å²) in [5, 5.41) is 20.5. The molecule has 4 heteroatoms. The van der Waals surface area contributed by atoms with Crippen molar-refractivity contribution in [2.75, 3.05) is 0 Å². The standard InChI is InChI=1S/C23H28N2O2/c1-14-8-16(3)22(26)18(10-14)12-24-20-6-5-7-21(20)25-13-19-11-15(2)9-17(4)23(19)27/h8-13,20-21,26-27H,5-7H2,1-4H3/t20-,21-/m0/s1. The number of phenols is 2. The van der Waals surface area contributed by atoms with Crippen LogP contribution in [0.2, 0.25) is 0 Å². The summed E-state index contributed by atoms with van der Waals surface area (Å²) in [6.45, 7) is 7.84. The number of hydrogen-bond donors (Lipinski definition) is 2. The van der Waals surface area contributed by atoms with Crippen molar-refractivity contribution < 1.29 is 10.2 Å². The molecule has 1 fully saturated rings. The van der Waals surface area contributed by atoms with Crippen LogP contribution in [0.15, 0.2) is 34.3 Å². The Hall–Kier alpha value is -2.62. The molecule has 142 valence electrons. The van der Waals surface area contributed by atoms with Gasteiger partial charge in [0, 0.05) is 23.6 Å². The minimum Gasteiger partial charge on any atom is -0.507 e. The van der Waals surface area contributed by atoms with Gasteiger partial charge < -0.3 is 10.2 Å². The quantitative estimate of drug-likeness (QED) is 0.766. The zero-order valence-corrected chi connectivity index (χ0v) is 16.5. The number of phenolic OH excluding ortho intramolecular Hbond substituents is 2. The fourth-order valence-corrected chi connectivity index (χ4v) is 3.80. The van der Waals surface area contributed by atoms with Crippen LogP contribution in [0.1, 0.15) is 52.6 Å². The molecular formula is C23H28N2O2. The first-order valence-electron chi connectivity index (χ1n) is 9.52. The lowest BCUT2D eigenvalue weighted by Crippen LogP contribution is -2.16. The summed E-state index contributed by atoms with van der Waals surface area (Å²) in [5.41, 5.74) is 5.46. The molecule has 1 aliphatic rings. The van der Waals surface area contributed by atoms with Crippen LogP contribution in [0.4, 0.5) is 0 Å². The van der Waals surface area contributed by atoms with E-state index in [1.54, 1.807) is 12.4 Å². The maximum absolute atomic E-state index is 10.2. The second-order valence-electron chi connectivity index (χ2n) is 7.66. The van der Waals surface area contributed by atoms with Crippen molar-refractivity contribution in [2.45, 2.75) is 59.0 Å². The molecule has 1 saturated carbocycles. The normalized spacial score (nSPS) is 20.1. The molecule has 0 spiro atoms. The van der Waals surface area contributed by atoms with E-state index in [2.05, 4.69) is 0 Å². The van der Waals surface area contributed by atoms with Crippen LogP contribution in [0.3, 0.4) is 0 Å². The van der Waals surface area contributed by atoms with Crippen LogP contribution in [0.5, 0.6) is 11.5 Å². The molecule has 0 aromatic heterocycles. The number of hydrogen-bond acceptors (Lipinski definition) is 4. The van der Waals surface area contributed by atoms with Gasteiger partial charge in [-0.15, -0.1) is 0 Å². The fourth-order valence-electron chi connectivity index (χ4n) is 3.80. The first-order chi connectivity index (χ1) is 12.8. The van der Waals surface area contributed by atoms with Gasteiger partial charge >= 0.3 is 0 Å². The van der Waals surface area contributed by atoms with Crippen LogP contribution in [0, 0.1) is 27.7 Å². The Bertz CT molecular complexity index is 826. The van der Waals surface area contributed by atoms with Gasteiger partial charge in [-0.25, -0.2) is 0 Å². The molecule has 1 aliphatic carbocycles. The second-order valence-corrected chi connectivity index (χ2v) is 7.66. The van der Waals surface area contributed by atoms with Gasteiger partial charge in [0.15, 0.2) is 0 Å². The zero-order valence-electron chi connectivity index (χ0n) is 16.5. The minimum atomic E-state index is 0.106. The lowest BCUT2D eigenvalue weighted by Gasteiger charge is -2.12. The van der Waals surface area contributed by atoms with E-state index in [0.29, 0.717) is 11.5 Å². The highest BCUT2D eigenvalue weighted by atomic mass is 16.3. The first kappa shape index (κ1) is 19.2. The average Bonchev–Trinajstić information content (AvgIpc) is 3.06. The van der Waals surface area contributed by atoms with Gasteiger partial charge in [0.25, 0.3) is 0 Å². The third kappa shape index (κ3) is 4.38. The van der Waals surface area contributed by atoms with Crippen molar-refractivity contribution in [3.05, 3.63) is 57.6 Å². The second kappa shape index (κ2) is 7.95. The number of aryl methyl sites for hydroxylation is 4. The third-order valence-corrected chi connectivity index (χ3v) is 5.20. The number of aromatic hydroxyl groups is 2. The van der Waals surface area contributed by atoms with Crippen molar-refractivity contribution in [3.8, 4) is 11.5 Å². The Morgan fingerprint density at radius 3 is 1.56 bits per heavy atom. The number of benzene rings is 2. The van der Waals surface area contributed by atoms with Crippen molar-refractivity contribution in [3.63, 3.8) is 0 Å². The Balaban J connectivity index is 1.78. The predicted octanol–water partition coefficient (Wildman–Crippen LogP) is 4.79. The van der Waals surface area contributed by atoms with Gasteiger partial charge in [0.1, 0.15) is 11.5 Å². The van der Waals surface area contributed by atoms with Gasteiger partial charge in [-0.3, -0.25) is 9.98 Å². The molecule has 0 bridgehead atoms. The van der Waals surface area contributed by atoms with Gasteiger partial charge in [0.2, 0.25) is 0 Å². The van der Waals surface area contributed by atoms with E-state index < -0.39 is 0 Å². The maximum atomic E-state index is 10.2. The molecule has 27 heavy (non-hydrogen) atoms. The number of aliphatic imine (C=N–C) groups is 2. The van der Waals surface area contributed by atoms with Gasteiger partial charge in [-0.05, 0) is 81.3 Å². The van der Waals surface area contributed by atoms with Crippen molar-refractivity contribution >= 4 is 12.4 Å². The first-order valence-corrected chi connectivity index (χ1v) is 9.52. The molecule has 0 aliphatic heterocycles. The Labute approximate surface area is 161 Å². The SMILES string of the molecule is Cc1cc(C)c(O)c(C=N[C@H]2CCC[C@@H]2N=Cc2cc(C)cc(C)c2O)c1. The van der Waals surface area contributed by atoms with E-state index in [1.807, 2.05) is 52.0 Å². The topological polar surface area (TPSA) is 65.2 Å². The summed E-state index contributed by atoms with van der Waals surface area (Å²) >= 11 is 0. The highest BCUT2D eigenvalue weighted by Crippen LogP contribution is 2.28. The molecule has 0 amide bonds. The van der Waals surface area contributed by atoms with Crippen LogP contribution < -0.4 is 0 Å². The summed E-state index contributed by atoms with van der Waals surface area (Å²) in [4.78, 5) is 9.45. The molecule has 2 aromatic rings. The summed E-state index contributed by atoms with van der Waals surface area (Å²) < 4.78 is 0. The van der Waals surface area contributed by atoms with Crippen molar-refractivity contribution in [2.24, 2.45) is 9.98 Å². The lowest BCUT2D eigenvalue weighted by molar-refractivity contribution is 0.469. The van der Waals surface area contributed by atoms with E-state index in [1.165, 1.54) is 0 Å². The highest BCUT2D eigenvalue weighted by molar-refractivity contribution is 5.85. The molecule has 4 nitrogen and oxygen atoms in total. The molecule has 0 saturated heterocycles. The molecule has 2 aromatic carbocycles. The summed E-state index contributed by atoms with van der Waals surface area (Å²) in [6.07, 6.45) is 6.62. The van der Waals surface area contributed by atoms with E-state index in [0.717, 1.165) is 52.6 Å². The molecular weight excluding hydrogens is 336 g/mol. The summed E-state index contributed by atoms with van der Waals surface area (Å²) in [7, 11) is 0. The van der Waals surface area contributed by atoms with Crippen LogP contribution in [0.25, 0.3) is 0 Å². The molecule has 2 atom stereocenters. The number of nitrogens with zero attached hydrogens (tertiary/aromatic N) is 2. The van der Waals surface area contributed by atoms with E-state index in [4.69, 9.17) is 9.98 Å². The van der Waals surface area contributed by atoms with Crippen LogP contribution >= 0.6 is 0 Å². The Kier molecular flexibility index (Phi) is 5.64. The molecule has 0 radical (unpaired) electrons. The summed E-state index contributed by atoms with van der Waals surface area (Å²) in [5.74, 6) is 0.588. The van der Waals surface area contributed by atoms with Gasteiger partial charge in [0.05, 0.1) is 12.1 Å². The monoisotopic (exact) mass is 364 g/mol. The van der Waals surface area contributed by atoms with E-state index in [9.17, 15) is 10.2 Å². The smallest absolute Gasteiger partial charge is 0.127 e. The minimum absolute atomic E-state index is 0.106. The van der Waals surface area contributed by atoms with Crippen molar-refractivity contribution in [1.82, 2.24) is 0 Å². The maximum Gasteiger partial charge on any atom is 0.127 e. The van der Waals surface area contributed by atoms with E-state index in [-0.39, 0.29) is 12.1 Å². The lowest BCUT2D eigenvalue weighted by atomic mass is 10.1. The largest absolute Gasteiger partial charge is 0.507 e. The summed E-state index contributed by atoms with van der Waals surface area (Å²) in [6, 6.07) is 8.04. The third-order valence-electron chi connectivity index (χ3n) is 5.20. The van der Waals surface area contributed by atoms with Crippen LogP contribution in [-0.4, -0.2) is 34.7 Å².